The molecule has 2 atom stereocenters. The van der Waals surface area contributed by atoms with Crippen LogP contribution in [-0.2, 0) is 24.4 Å². The smallest absolute Gasteiger partial charge is 0.248 e. The quantitative estimate of drug-likeness (QED) is 0.138. The molecule has 8 heteroatoms. The Bertz CT molecular complexity index is 1500. The average molecular weight is 611 g/mol. The van der Waals surface area contributed by atoms with Gasteiger partial charge in [-0.3, -0.25) is 14.5 Å². The van der Waals surface area contributed by atoms with Crippen LogP contribution in [0.1, 0.15) is 86.7 Å². The van der Waals surface area contributed by atoms with Gasteiger partial charge in [0.05, 0.1) is 18.6 Å². The number of imidazole rings is 1. The molecule has 240 valence electrons. The first-order chi connectivity index (χ1) is 21.8. The number of rotatable bonds is 18. The summed E-state index contributed by atoms with van der Waals surface area (Å²) in [6.07, 6.45) is 7.65. The number of carbonyl (C=O) groups is 2. The van der Waals surface area contributed by atoms with Gasteiger partial charge in [-0.1, -0.05) is 68.4 Å². The van der Waals surface area contributed by atoms with E-state index in [0.29, 0.717) is 25.1 Å². The van der Waals surface area contributed by atoms with Gasteiger partial charge < -0.3 is 20.5 Å². The van der Waals surface area contributed by atoms with Crippen molar-refractivity contribution in [2.45, 2.75) is 85.1 Å². The summed E-state index contributed by atoms with van der Waals surface area (Å²) in [6.45, 7) is 13.5. The van der Waals surface area contributed by atoms with Crippen molar-refractivity contribution in [1.29, 1.82) is 0 Å². The predicted octanol–water partition coefficient (Wildman–Crippen LogP) is 6.31. The van der Waals surface area contributed by atoms with Crippen LogP contribution in [0, 0.1) is 0 Å². The number of fused-ring (bicyclic) bond motifs is 1. The van der Waals surface area contributed by atoms with Gasteiger partial charge in [-0.25, -0.2) is 4.98 Å². The Kier molecular flexibility index (Phi) is 12.7. The number of carbonyl (C=O) groups excluding carboxylic acids is 2. The lowest BCUT2D eigenvalue weighted by Gasteiger charge is -2.33. The van der Waals surface area contributed by atoms with Crippen molar-refractivity contribution in [3.63, 3.8) is 0 Å². The van der Waals surface area contributed by atoms with Gasteiger partial charge in [0.25, 0.3) is 0 Å². The zero-order valence-electron chi connectivity index (χ0n) is 27.4. The van der Waals surface area contributed by atoms with Crippen molar-refractivity contribution in [3.8, 4) is 0 Å². The van der Waals surface area contributed by atoms with Crippen molar-refractivity contribution in [3.05, 3.63) is 102 Å². The number of aryl methyl sites for hydroxylation is 1. The Balaban J connectivity index is 1.65. The standard InChI is InChI=1S/C37H50N6O2/c1-5-22-41(23-6-2)24-11-16-34(37(45)40-28(4)32-15-10-13-30-12-8-9-14-33(30)32)43(27-35-39-21-25-42(35)7-3)26-29-17-19-31(20-18-29)36(38)44/h8-10,12-15,17-21,25,28,34H,5-7,11,16,22-24,26-27H2,1-4H3,(H2,38,44)(H,40,45)/t28-,34-/m0/s1. The zero-order chi connectivity index (χ0) is 32.2. The average Bonchev–Trinajstić information content (AvgIpc) is 3.50. The third-order valence-electron chi connectivity index (χ3n) is 8.53. The minimum absolute atomic E-state index is 0.0105. The molecule has 2 amide bonds. The Morgan fingerprint density at radius 1 is 0.911 bits per heavy atom. The highest BCUT2D eigenvalue weighted by Crippen LogP contribution is 2.25. The number of nitrogens with two attached hydrogens (primary N) is 1. The van der Waals surface area contributed by atoms with Gasteiger partial charge in [0.15, 0.2) is 0 Å². The summed E-state index contributed by atoms with van der Waals surface area (Å²) in [5, 5.41) is 5.70. The fraction of sp³-hybridized carbons (Fsp3) is 0.432. The van der Waals surface area contributed by atoms with Crippen LogP contribution in [-0.4, -0.2) is 56.8 Å². The van der Waals surface area contributed by atoms with Gasteiger partial charge in [0, 0.05) is 31.0 Å². The van der Waals surface area contributed by atoms with Gasteiger partial charge in [-0.2, -0.15) is 0 Å². The largest absolute Gasteiger partial charge is 0.366 e. The third-order valence-corrected chi connectivity index (χ3v) is 8.53. The van der Waals surface area contributed by atoms with Gasteiger partial charge in [0.2, 0.25) is 11.8 Å². The molecule has 1 aromatic heterocycles. The third kappa shape index (κ3) is 9.25. The second-order valence-corrected chi connectivity index (χ2v) is 11.9. The molecule has 0 aliphatic rings. The first-order valence-electron chi connectivity index (χ1n) is 16.5. The lowest BCUT2D eigenvalue weighted by Crippen LogP contribution is -2.47. The fourth-order valence-electron chi connectivity index (χ4n) is 6.22. The molecule has 0 spiro atoms. The molecule has 0 fully saturated rings. The van der Waals surface area contributed by atoms with Gasteiger partial charge >= 0.3 is 0 Å². The highest BCUT2D eigenvalue weighted by molar-refractivity contribution is 5.92. The van der Waals surface area contributed by atoms with E-state index >= 15 is 0 Å². The SMILES string of the molecule is CCCN(CCC)CCC[C@@H](C(=O)N[C@@H](C)c1cccc2ccccc12)N(Cc1ccc(C(N)=O)cc1)Cc1nccn1CC. The maximum atomic E-state index is 14.4. The van der Waals surface area contributed by atoms with Crippen LogP contribution >= 0.6 is 0 Å². The molecule has 3 N–H and O–H groups in total. The minimum Gasteiger partial charge on any atom is -0.366 e. The van der Waals surface area contributed by atoms with Gasteiger partial charge in [0.1, 0.15) is 5.82 Å². The van der Waals surface area contributed by atoms with Crippen LogP contribution in [0.3, 0.4) is 0 Å². The molecule has 4 rings (SSSR count). The lowest BCUT2D eigenvalue weighted by molar-refractivity contribution is -0.128. The first kappa shape index (κ1) is 33.9. The zero-order valence-corrected chi connectivity index (χ0v) is 27.4. The van der Waals surface area contributed by atoms with E-state index in [0.717, 1.165) is 73.2 Å². The molecule has 3 aromatic carbocycles. The summed E-state index contributed by atoms with van der Waals surface area (Å²) in [4.78, 5) is 35.5. The lowest BCUT2D eigenvalue weighted by atomic mass is 9.99. The molecule has 1 heterocycles. The van der Waals surface area contributed by atoms with Crippen LogP contribution in [0.25, 0.3) is 10.8 Å². The van der Waals surface area contributed by atoms with Crippen LogP contribution < -0.4 is 11.1 Å². The summed E-state index contributed by atoms with van der Waals surface area (Å²) in [6, 6.07) is 21.4. The minimum atomic E-state index is -0.452. The number of hydrogen-bond acceptors (Lipinski definition) is 5. The van der Waals surface area contributed by atoms with Crippen molar-refractivity contribution in [2.75, 3.05) is 19.6 Å². The fourth-order valence-corrected chi connectivity index (χ4v) is 6.22. The number of amides is 2. The van der Waals surface area contributed by atoms with Gasteiger partial charge in [-0.15, -0.1) is 0 Å². The Morgan fingerprint density at radius 2 is 1.62 bits per heavy atom. The van der Waals surface area contributed by atoms with E-state index in [9.17, 15) is 9.59 Å². The van der Waals surface area contributed by atoms with E-state index in [4.69, 9.17) is 5.73 Å². The number of aromatic nitrogens is 2. The normalized spacial score (nSPS) is 12.9. The molecule has 0 unspecified atom stereocenters. The Labute approximate surface area is 268 Å². The molecule has 0 saturated carbocycles. The summed E-state index contributed by atoms with van der Waals surface area (Å²) >= 11 is 0. The number of benzene rings is 3. The maximum Gasteiger partial charge on any atom is 0.248 e. The summed E-state index contributed by atoms with van der Waals surface area (Å²) in [5.41, 5.74) is 8.09. The number of hydrogen-bond donors (Lipinski definition) is 2. The van der Waals surface area contributed by atoms with E-state index in [-0.39, 0.29) is 18.0 Å². The molecule has 0 aliphatic heterocycles. The molecular weight excluding hydrogens is 560 g/mol. The molecule has 0 radical (unpaired) electrons. The van der Waals surface area contributed by atoms with Crippen molar-refractivity contribution >= 4 is 22.6 Å². The predicted molar refractivity (Wildman–Crippen MR) is 183 cm³/mol. The van der Waals surface area contributed by atoms with E-state index in [1.54, 1.807) is 12.1 Å². The highest BCUT2D eigenvalue weighted by Gasteiger charge is 2.29. The first-order valence-corrected chi connectivity index (χ1v) is 16.5. The van der Waals surface area contributed by atoms with Crippen LogP contribution in [0.5, 0.6) is 0 Å². The Hall–Kier alpha value is -4.01. The van der Waals surface area contributed by atoms with Crippen molar-refractivity contribution < 1.29 is 9.59 Å². The summed E-state index contributed by atoms with van der Waals surface area (Å²) < 4.78 is 2.13. The second-order valence-electron chi connectivity index (χ2n) is 11.9. The maximum absolute atomic E-state index is 14.4. The van der Waals surface area contributed by atoms with Crippen LogP contribution in [0.2, 0.25) is 0 Å². The number of nitrogens with zero attached hydrogens (tertiary/aromatic N) is 4. The molecular formula is C37H50N6O2. The van der Waals surface area contributed by atoms with Crippen LogP contribution in [0.4, 0.5) is 0 Å². The number of nitrogens with one attached hydrogen (secondary N) is 1. The monoisotopic (exact) mass is 610 g/mol. The molecule has 45 heavy (non-hydrogen) atoms. The molecule has 8 nitrogen and oxygen atoms in total. The van der Waals surface area contributed by atoms with Crippen LogP contribution in [0.15, 0.2) is 79.1 Å². The van der Waals surface area contributed by atoms with E-state index < -0.39 is 5.91 Å². The van der Waals surface area contributed by atoms with Gasteiger partial charge in [-0.05, 0) is 93.2 Å². The molecule has 4 aromatic rings. The Morgan fingerprint density at radius 3 is 2.31 bits per heavy atom. The highest BCUT2D eigenvalue weighted by atomic mass is 16.2. The van der Waals surface area contributed by atoms with E-state index in [2.05, 4.69) is 82.7 Å². The van der Waals surface area contributed by atoms with Crippen molar-refractivity contribution in [1.82, 2.24) is 24.7 Å². The summed E-state index contributed by atoms with van der Waals surface area (Å²) in [5.74, 6) is 0.479. The van der Waals surface area contributed by atoms with E-state index in [1.807, 2.05) is 36.7 Å². The van der Waals surface area contributed by atoms with Crippen molar-refractivity contribution in [2.24, 2.45) is 5.73 Å². The molecule has 0 saturated heterocycles. The number of primary amides is 1. The topological polar surface area (TPSA) is 96.5 Å². The summed E-state index contributed by atoms with van der Waals surface area (Å²) in [7, 11) is 0. The van der Waals surface area contributed by atoms with E-state index in [1.165, 1.54) is 0 Å². The molecule has 0 aliphatic carbocycles. The second kappa shape index (κ2) is 16.9. The molecule has 0 bridgehead atoms.